The highest BCUT2D eigenvalue weighted by molar-refractivity contribution is 6.73. The summed E-state index contributed by atoms with van der Waals surface area (Å²) in [7, 11) is -1.74. The van der Waals surface area contributed by atoms with Crippen molar-refractivity contribution in [3.63, 3.8) is 0 Å². The van der Waals surface area contributed by atoms with Crippen molar-refractivity contribution in [2.45, 2.75) is 110 Å². The Morgan fingerprint density at radius 1 is 1.12 bits per heavy atom. The predicted molar refractivity (Wildman–Crippen MR) is 144 cm³/mol. The molecule has 1 aliphatic rings. The fraction of sp³-hybridized carbons (Fsp3) is 0.621. The third-order valence-electron chi connectivity index (χ3n) is 7.44. The molecule has 0 aliphatic carbocycles. The van der Waals surface area contributed by atoms with Crippen molar-refractivity contribution in [2.24, 2.45) is 0 Å². The minimum absolute atomic E-state index is 0.00145. The molecule has 0 bridgehead atoms. The van der Waals surface area contributed by atoms with Gasteiger partial charge in [-0.3, -0.25) is 0 Å². The lowest BCUT2D eigenvalue weighted by atomic mass is 10.0. The summed E-state index contributed by atoms with van der Waals surface area (Å²) in [5.41, 5.74) is 4.47. The molecule has 3 atom stereocenters. The number of benzene rings is 1. The number of allylic oxidation sites excluding steroid dienone is 1. The van der Waals surface area contributed by atoms with Crippen LogP contribution in [0.1, 0.15) is 71.9 Å². The number of carbonyl (C=O) groups excluding carboxylic acids is 1. The Kier molecular flexibility index (Phi) is 11.4. The zero-order valence-electron chi connectivity index (χ0n) is 22.5. The number of hydrogen-bond acceptors (Lipinski definition) is 4. The molecule has 1 aromatic rings. The molecule has 0 saturated carbocycles. The van der Waals surface area contributed by atoms with Crippen molar-refractivity contribution in [1.29, 1.82) is 0 Å². The lowest BCUT2D eigenvalue weighted by Gasteiger charge is -2.34. The summed E-state index contributed by atoms with van der Waals surface area (Å²) < 4.78 is 18.4. The molecule has 34 heavy (non-hydrogen) atoms. The van der Waals surface area contributed by atoms with Gasteiger partial charge in [-0.1, -0.05) is 68.3 Å². The van der Waals surface area contributed by atoms with Gasteiger partial charge in [0.25, 0.3) is 0 Å². The van der Waals surface area contributed by atoms with Crippen LogP contribution in [0.4, 0.5) is 0 Å². The normalized spacial score (nSPS) is 22.0. The molecule has 4 nitrogen and oxygen atoms in total. The van der Waals surface area contributed by atoms with Crippen molar-refractivity contribution in [3.8, 4) is 0 Å². The van der Waals surface area contributed by atoms with Gasteiger partial charge >= 0.3 is 0 Å². The second kappa shape index (κ2) is 13.5. The zero-order valence-corrected chi connectivity index (χ0v) is 23.5. The number of aldehydes is 1. The fourth-order valence-electron chi connectivity index (χ4n) is 4.29. The second-order valence-electron chi connectivity index (χ2n) is 10.0. The number of hydrogen-bond donors (Lipinski definition) is 0. The minimum atomic E-state index is -1.74. The maximum Gasteiger partial charge on any atom is 0.192 e. The summed E-state index contributed by atoms with van der Waals surface area (Å²) in [6.07, 6.45) is 8.18. The first kappa shape index (κ1) is 28.7. The lowest BCUT2D eigenvalue weighted by Crippen LogP contribution is -2.40. The molecule has 0 radical (unpaired) electrons. The molecule has 1 saturated heterocycles. The van der Waals surface area contributed by atoms with Gasteiger partial charge in [0.1, 0.15) is 5.60 Å². The van der Waals surface area contributed by atoms with Crippen LogP contribution >= 0.6 is 0 Å². The van der Waals surface area contributed by atoms with Crippen molar-refractivity contribution in [3.05, 3.63) is 58.7 Å². The summed E-state index contributed by atoms with van der Waals surface area (Å²) in [4.78, 5) is 11.2. The van der Waals surface area contributed by atoms with E-state index in [4.69, 9.17) is 13.9 Å². The number of carbonyl (C=O) groups is 1. The number of rotatable bonds is 16. The predicted octanol–water partition coefficient (Wildman–Crippen LogP) is 7.32. The van der Waals surface area contributed by atoms with Gasteiger partial charge in [-0.2, -0.15) is 0 Å². The maximum absolute atomic E-state index is 11.2. The van der Waals surface area contributed by atoms with Crippen LogP contribution in [0, 0.1) is 6.92 Å². The number of epoxide rings is 1. The zero-order chi connectivity index (χ0) is 25.2. The van der Waals surface area contributed by atoms with Crippen molar-refractivity contribution >= 4 is 14.6 Å². The van der Waals surface area contributed by atoms with Gasteiger partial charge in [0.15, 0.2) is 14.6 Å². The van der Waals surface area contributed by atoms with Crippen molar-refractivity contribution in [2.75, 3.05) is 6.61 Å². The first-order valence-electron chi connectivity index (χ1n) is 13.0. The molecule has 0 spiro atoms. The summed E-state index contributed by atoms with van der Waals surface area (Å²) >= 11 is 0. The average molecular weight is 487 g/mol. The van der Waals surface area contributed by atoms with Crippen LogP contribution in [0.3, 0.4) is 0 Å². The van der Waals surface area contributed by atoms with E-state index in [0.29, 0.717) is 13.2 Å². The van der Waals surface area contributed by atoms with E-state index in [1.807, 2.05) is 6.92 Å². The summed E-state index contributed by atoms with van der Waals surface area (Å²) in [6.45, 7) is 16.4. The molecule has 190 valence electrons. The second-order valence-corrected chi connectivity index (χ2v) is 14.8. The third kappa shape index (κ3) is 8.60. The smallest absolute Gasteiger partial charge is 0.192 e. The maximum atomic E-state index is 11.2. The Morgan fingerprint density at radius 2 is 1.76 bits per heavy atom. The molecular formula is C29H46O4Si. The van der Waals surface area contributed by atoms with Crippen LogP contribution in [0.2, 0.25) is 18.1 Å². The van der Waals surface area contributed by atoms with Crippen LogP contribution in [-0.2, 0) is 25.3 Å². The van der Waals surface area contributed by atoms with E-state index in [0.717, 1.165) is 43.7 Å². The standard InChI is InChI=1S/C29H46O4Si/c1-8-34(9-2,10-3)33-27(25(6)14-18-28-29(7,22-30)32-28)17-13-24(5)19-20-31-21-26-15-11-23(4)12-16-26/h11-12,14-16,19,22,27-28H,8-10,13,17-18,20-21H2,1-7H3/b24-19+,25-14-/t27-,28-,29-/m0/s1. The molecule has 0 unspecified atom stereocenters. The monoisotopic (exact) mass is 486 g/mol. The number of aryl methyl sites for hydroxylation is 1. The fourth-order valence-corrected chi connectivity index (χ4v) is 7.19. The van der Waals surface area contributed by atoms with Crippen molar-refractivity contribution < 1.29 is 18.7 Å². The van der Waals surface area contributed by atoms with E-state index in [1.54, 1.807) is 0 Å². The van der Waals surface area contributed by atoms with Crippen LogP contribution in [0.5, 0.6) is 0 Å². The Bertz CT molecular complexity index is 817. The lowest BCUT2D eigenvalue weighted by molar-refractivity contribution is -0.111. The van der Waals surface area contributed by atoms with E-state index in [1.165, 1.54) is 22.3 Å². The highest BCUT2D eigenvalue weighted by Gasteiger charge is 2.51. The van der Waals surface area contributed by atoms with E-state index < -0.39 is 13.9 Å². The van der Waals surface area contributed by atoms with Gasteiger partial charge in [-0.15, -0.1) is 0 Å². The molecule has 0 aromatic heterocycles. The van der Waals surface area contributed by atoms with E-state index in [-0.39, 0.29) is 12.2 Å². The SMILES string of the molecule is CC[Si](CC)(CC)O[C@@H](CC/C(C)=C/COCc1ccc(C)cc1)/C(C)=C\C[C@@H]1O[C@@]1(C)C=O. The van der Waals surface area contributed by atoms with Gasteiger partial charge in [-0.25, -0.2) is 0 Å². The van der Waals surface area contributed by atoms with Gasteiger partial charge in [0.05, 0.1) is 25.4 Å². The summed E-state index contributed by atoms with van der Waals surface area (Å²) in [5, 5.41) is 0. The van der Waals surface area contributed by atoms with E-state index >= 15 is 0 Å². The van der Waals surface area contributed by atoms with Crippen LogP contribution < -0.4 is 0 Å². The van der Waals surface area contributed by atoms with Gasteiger partial charge < -0.3 is 18.7 Å². The third-order valence-corrected chi connectivity index (χ3v) is 12.1. The molecule has 0 N–H and O–H groups in total. The highest BCUT2D eigenvalue weighted by atomic mass is 28.4. The molecule has 5 heteroatoms. The quantitative estimate of drug-likeness (QED) is 0.0807. The Morgan fingerprint density at radius 3 is 2.32 bits per heavy atom. The topological polar surface area (TPSA) is 48.1 Å². The summed E-state index contributed by atoms with van der Waals surface area (Å²) in [6, 6.07) is 11.9. The molecule has 1 heterocycles. The minimum Gasteiger partial charge on any atom is -0.410 e. The first-order valence-corrected chi connectivity index (χ1v) is 15.5. The molecule has 2 rings (SSSR count). The molecule has 1 aromatic carbocycles. The van der Waals surface area contributed by atoms with Crippen LogP contribution in [0.25, 0.3) is 0 Å². The summed E-state index contributed by atoms with van der Waals surface area (Å²) in [5.74, 6) is 0. The van der Waals surface area contributed by atoms with Gasteiger partial charge in [0, 0.05) is 0 Å². The largest absolute Gasteiger partial charge is 0.410 e. The molecule has 1 fully saturated rings. The number of ether oxygens (including phenoxy) is 2. The Hall–Kier alpha value is -1.53. The Balaban J connectivity index is 1.94. The Labute approximate surface area is 208 Å². The van der Waals surface area contributed by atoms with Crippen LogP contribution in [0.15, 0.2) is 47.6 Å². The molecule has 0 amide bonds. The average Bonchev–Trinajstić information content (AvgIpc) is 3.52. The first-order chi connectivity index (χ1) is 16.2. The molecular weight excluding hydrogens is 440 g/mol. The van der Waals surface area contributed by atoms with Gasteiger partial charge in [0.2, 0.25) is 0 Å². The van der Waals surface area contributed by atoms with E-state index in [2.05, 4.69) is 78.0 Å². The van der Waals surface area contributed by atoms with Crippen molar-refractivity contribution in [1.82, 2.24) is 0 Å². The van der Waals surface area contributed by atoms with E-state index in [9.17, 15) is 4.79 Å². The highest BCUT2D eigenvalue weighted by Crippen LogP contribution is 2.37. The van der Waals surface area contributed by atoms with Crippen LogP contribution in [-0.4, -0.2) is 39.0 Å². The molecule has 1 aliphatic heterocycles. The van der Waals surface area contributed by atoms with Gasteiger partial charge in [-0.05, 0) is 76.2 Å².